The zero-order valence-corrected chi connectivity index (χ0v) is 12.5. The van der Waals surface area contributed by atoms with Crippen LogP contribution in [0, 0.1) is 0 Å². The average Bonchev–Trinajstić information content (AvgIpc) is 2.37. The van der Waals surface area contributed by atoms with Crippen molar-refractivity contribution in [1.82, 2.24) is 5.32 Å². The molecule has 4 heteroatoms. The molecule has 0 radical (unpaired) electrons. The van der Waals surface area contributed by atoms with Gasteiger partial charge < -0.3 is 14.8 Å². The van der Waals surface area contributed by atoms with Gasteiger partial charge in [0.15, 0.2) is 0 Å². The van der Waals surface area contributed by atoms with Crippen molar-refractivity contribution < 1.29 is 9.47 Å². The quantitative estimate of drug-likeness (QED) is 0.860. The first kappa shape index (κ1) is 15.3. The maximum absolute atomic E-state index is 6.03. The Hall–Kier alpha value is -0.770. The molecule has 3 nitrogen and oxygen atoms in total. The van der Waals surface area contributed by atoms with E-state index in [4.69, 9.17) is 21.1 Å². The molecule has 0 saturated heterocycles. The number of ether oxygens (including phenoxy) is 2. The molecule has 1 N–H and O–H groups in total. The van der Waals surface area contributed by atoms with Crippen molar-refractivity contribution in [2.24, 2.45) is 0 Å². The van der Waals surface area contributed by atoms with Crippen LogP contribution in [0.3, 0.4) is 0 Å². The fourth-order valence-electron chi connectivity index (χ4n) is 1.85. The Morgan fingerprint density at radius 1 is 1.33 bits per heavy atom. The van der Waals surface area contributed by atoms with Gasteiger partial charge in [0, 0.05) is 13.2 Å². The van der Waals surface area contributed by atoms with E-state index in [2.05, 4.69) is 19.2 Å². The van der Waals surface area contributed by atoms with Gasteiger partial charge in [0.2, 0.25) is 0 Å². The molecule has 0 saturated carbocycles. The summed E-state index contributed by atoms with van der Waals surface area (Å²) in [4.78, 5) is 0. The lowest BCUT2D eigenvalue weighted by Crippen LogP contribution is -2.30. The molecular formula is C14H22ClNO2. The van der Waals surface area contributed by atoms with Crippen LogP contribution >= 0.6 is 11.6 Å². The maximum Gasteiger partial charge on any atom is 0.137 e. The smallest absolute Gasteiger partial charge is 0.137 e. The summed E-state index contributed by atoms with van der Waals surface area (Å²) in [6, 6.07) is 6.04. The number of rotatable bonds is 6. The highest BCUT2D eigenvalue weighted by molar-refractivity contribution is 6.32. The Morgan fingerprint density at radius 3 is 2.50 bits per heavy atom. The van der Waals surface area contributed by atoms with Gasteiger partial charge in [0.1, 0.15) is 5.75 Å². The van der Waals surface area contributed by atoms with E-state index in [-0.39, 0.29) is 11.6 Å². The van der Waals surface area contributed by atoms with Crippen molar-refractivity contribution in [2.45, 2.75) is 31.9 Å². The first-order valence-corrected chi connectivity index (χ1v) is 6.37. The van der Waals surface area contributed by atoms with Crippen LogP contribution in [0.1, 0.15) is 31.9 Å². The number of halogens is 1. The minimum absolute atomic E-state index is 0.180. The van der Waals surface area contributed by atoms with Crippen LogP contribution in [0.5, 0.6) is 5.75 Å². The first-order valence-electron chi connectivity index (χ1n) is 5.99. The fourth-order valence-corrected chi connectivity index (χ4v) is 2.05. The van der Waals surface area contributed by atoms with Gasteiger partial charge in [-0.15, -0.1) is 0 Å². The molecule has 0 fully saturated rings. The number of hydrogen-bond acceptors (Lipinski definition) is 3. The Labute approximate surface area is 114 Å². The number of nitrogens with one attached hydrogen (secondary N) is 1. The Bertz CT molecular complexity index is 393. The summed E-state index contributed by atoms with van der Waals surface area (Å²) in [7, 11) is 5.30. The highest BCUT2D eigenvalue weighted by atomic mass is 35.5. The molecular weight excluding hydrogens is 250 g/mol. The predicted octanol–water partition coefficient (Wildman–Crippen LogP) is 3.42. The Kier molecular flexibility index (Phi) is 5.45. The standard InChI is InChI=1S/C14H22ClNO2/c1-14(2,18-5)9-12(16-3)10-6-7-11(15)13(8-10)17-4/h6-8,12,16H,9H2,1-5H3. The summed E-state index contributed by atoms with van der Waals surface area (Å²) >= 11 is 6.03. The third-order valence-electron chi connectivity index (χ3n) is 3.17. The van der Waals surface area contributed by atoms with Gasteiger partial charge in [0.25, 0.3) is 0 Å². The molecule has 0 aromatic heterocycles. The van der Waals surface area contributed by atoms with E-state index in [1.807, 2.05) is 25.2 Å². The largest absolute Gasteiger partial charge is 0.495 e. The van der Waals surface area contributed by atoms with Crippen LogP contribution in [-0.4, -0.2) is 26.9 Å². The molecule has 0 bridgehead atoms. The van der Waals surface area contributed by atoms with E-state index < -0.39 is 0 Å². The lowest BCUT2D eigenvalue weighted by atomic mass is 9.93. The highest BCUT2D eigenvalue weighted by Gasteiger charge is 2.23. The second kappa shape index (κ2) is 6.41. The Morgan fingerprint density at radius 2 is 2.00 bits per heavy atom. The molecule has 1 rings (SSSR count). The topological polar surface area (TPSA) is 30.5 Å². The van der Waals surface area contributed by atoms with Crippen molar-refractivity contribution in [3.63, 3.8) is 0 Å². The lowest BCUT2D eigenvalue weighted by molar-refractivity contribution is 0.00743. The van der Waals surface area contributed by atoms with E-state index in [1.165, 1.54) is 0 Å². The zero-order chi connectivity index (χ0) is 13.8. The van der Waals surface area contributed by atoms with E-state index >= 15 is 0 Å². The summed E-state index contributed by atoms with van der Waals surface area (Å²) in [5.41, 5.74) is 0.962. The predicted molar refractivity (Wildman–Crippen MR) is 75.5 cm³/mol. The van der Waals surface area contributed by atoms with Crippen molar-refractivity contribution in [1.29, 1.82) is 0 Å². The maximum atomic E-state index is 6.03. The second-order valence-corrected chi connectivity index (χ2v) is 5.31. The van der Waals surface area contributed by atoms with E-state index in [0.29, 0.717) is 10.8 Å². The molecule has 0 heterocycles. The SMILES string of the molecule is CNC(CC(C)(C)OC)c1ccc(Cl)c(OC)c1. The highest BCUT2D eigenvalue weighted by Crippen LogP contribution is 2.31. The lowest BCUT2D eigenvalue weighted by Gasteiger charge is -2.28. The van der Waals surface area contributed by atoms with Gasteiger partial charge >= 0.3 is 0 Å². The normalized spacial score (nSPS) is 13.4. The van der Waals surface area contributed by atoms with Gasteiger partial charge in [-0.1, -0.05) is 17.7 Å². The van der Waals surface area contributed by atoms with Crippen LogP contribution in [-0.2, 0) is 4.74 Å². The fraction of sp³-hybridized carbons (Fsp3) is 0.571. The summed E-state index contributed by atoms with van der Waals surface area (Å²) in [5, 5.41) is 3.93. The van der Waals surface area contributed by atoms with E-state index in [1.54, 1.807) is 14.2 Å². The monoisotopic (exact) mass is 271 g/mol. The van der Waals surface area contributed by atoms with Crippen LogP contribution in [0.25, 0.3) is 0 Å². The Balaban J connectivity index is 2.95. The third-order valence-corrected chi connectivity index (χ3v) is 3.49. The van der Waals surface area contributed by atoms with Crippen molar-refractivity contribution in [2.75, 3.05) is 21.3 Å². The summed E-state index contributed by atoms with van der Waals surface area (Å²) < 4.78 is 10.7. The molecule has 0 spiro atoms. The van der Waals surface area contributed by atoms with Gasteiger partial charge in [-0.2, -0.15) is 0 Å². The van der Waals surface area contributed by atoms with E-state index in [9.17, 15) is 0 Å². The van der Waals surface area contributed by atoms with Gasteiger partial charge in [-0.25, -0.2) is 0 Å². The van der Waals surface area contributed by atoms with Gasteiger partial charge in [0.05, 0.1) is 17.7 Å². The average molecular weight is 272 g/mol. The second-order valence-electron chi connectivity index (χ2n) is 4.90. The summed E-state index contributed by atoms with van der Waals surface area (Å²) in [6.07, 6.45) is 0.866. The molecule has 1 aromatic rings. The minimum Gasteiger partial charge on any atom is -0.495 e. The number of benzene rings is 1. The summed E-state index contributed by atoms with van der Waals surface area (Å²) in [6.45, 7) is 4.15. The van der Waals surface area contributed by atoms with Crippen molar-refractivity contribution >= 4 is 11.6 Å². The first-order chi connectivity index (χ1) is 8.43. The van der Waals surface area contributed by atoms with Crippen LogP contribution in [0.2, 0.25) is 5.02 Å². The number of methoxy groups -OCH3 is 2. The number of hydrogen-bond donors (Lipinski definition) is 1. The van der Waals surface area contributed by atoms with Gasteiger partial charge in [-0.3, -0.25) is 0 Å². The third kappa shape index (κ3) is 3.87. The molecule has 18 heavy (non-hydrogen) atoms. The van der Waals surface area contributed by atoms with Crippen LogP contribution in [0.15, 0.2) is 18.2 Å². The van der Waals surface area contributed by atoms with Crippen molar-refractivity contribution in [3.8, 4) is 5.75 Å². The van der Waals surface area contributed by atoms with Gasteiger partial charge in [-0.05, 0) is 45.0 Å². The molecule has 102 valence electrons. The molecule has 1 unspecified atom stereocenters. The summed E-state index contributed by atoms with van der Waals surface area (Å²) in [5.74, 6) is 0.699. The molecule has 0 aliphatic rings. The molecule has 0 amide bonds. The molecule has 0 aliphatic carbocycles. The van der Waals surface area contributed by atoms with Crippen molar-refractivity contribution in [3.05, 3.63) is 28.8 Å². The van der Waals surface area contributed by atoms with Crippen LogP contribution in [0.4, 0.5) is 0 Å². The zero-order valence-electron chi connectivity index (χ0n) is 11.7. The molecule has 1 aromatic carbocycles. The molecule has 0 aliphatic heterocycles. The molecule has 1 atom stereocenters. The minimum atomic E-state index is -0.180. The van der Waals surface area contributed by atoms with E-state index in [0.717, 1.165) is 12.0 Å². The van der Waals surface area contributed by atoms with Crippen LogP contribution < -0.4 is 10.1 Å².